The summed E-state index contributed by atoms with van der Waals surface area (Å²) in [6.45, 7) is 0. The molecule has 0 spiro atoms. The third kappa shape index (κ3) is 5.32. The summed E-state index contributed by atoms with van der Waals surface area (Å²) in [6.07, 6.45) is -4.59. The van der Waals surface area contributed by atoms with Crippen molar-refractivity contribution in [3.8, 4) is 0 Å². The highest BCUT2D eigenvalue weighted by molar-refractivity contribution is 9.10. The number of halogens is 4. The molecule has 2 aromatic rings. The van der Waals surface area contributed by atoms with E-state index in [0.717, 1.165) is 12.1 Å². The van der Waals surface area contributed by atoms with Crippen LogP contribution in [-0.4, -0.2) is 23.0 Å². The molecule has 0 aromatic heterocycles. The van der Waals surface area contributed by atoms with Gasteiger partial charge in [0.05, 0.1) is 5.56 Å². The highest BCUT2D eigenvalue weighted by atomic mass is 79.9. The van der Waals surface area contributed by atoms with Gasteiger partial charge in [-0.2, -0.15) is 13.2 Å². The number of hydrogen-bond donors (Lipinski definition) is 2. The van der Waals surface area contributed by atoms with Crippen LogP contribution in [0.3, 0.4) is 0 Å². The molecule has 0 saturated carbocycles. The van der Waals surface area contributed by atoms with E-state index < -0.39 is 29.7 Å². The highest BCUT2D eigenvalue weighted by Crippen LogP contribution is 2.29. The third-order valence-electron chi connectivity index (χ3n) is 3.41. The van der Waals surface area contributed by atoms with Gasteiger partial charge in [0.2, 0.25) is 0 Å². The van der Waals surface area contributed by atoms with Crippen molar-refractivity contribution in [1.82, 2.24) is 5.32 Å². The van der Waals surface area contributed by atoms with Crippen molar-refractivity contribution in [3.63, 3.8) is 0 Å². The minimum absolute atomic E-state index is 0.132. The molecule has 0 aliphatic heterocycles. The van der Waals surface area contributed by atoms with Crippen molar-refractivity contribution >= 4 is 27.8 Å². The van der Waals surface area contributed by atoms with Gasteiger partial charge in [0.1, 0.15) is 6.04 Å². The predicted octanol–water partition coefficient (Wildman–Crippen LogP) is 3.89. The molecule has 2 rings (SSSR count). The zero-order valence-corrected chi connectivity index (χ0v) is 14.3. The Labute approximate surface area is 149 Å². The molecule has 0 saturated heterocycles. The molecule has 0 heterocycles. The van der Waals surface area contributed by atoms with E-state index in [4.69, 9.17) is 0 Å². The minimum atomic E-state index is -4.46. The monoisotopic (exact) mass is 415 g/mol. The first-order chi connectivity index (χ1) is 11.7. The summed E-state index contributed by atoms with van der Waals surface area (Å²) < 4.78 is 38.3. The number of aliphatic carboxylic acids is 1. The number of carbonyl (C=O) groups is 2. The van der Waals surface area contributed by atoms with Gasteiger partial charge < -0.3 is 10.4 Å². The van der Waals surface area contributed by atoms with Crippen LogP contribution in [0.2, 0.25) is 0 Å². The molecule has 8 heteroatoms. The smallest absolute Gasteiger partial charge is 0.416 e. The Bertz CT molecular complexity index is 775. The first-order valence-corrected chi connectivity index (χ1v) is 7.91. The van der Waals surface area contributed by atoms with E-state index in [1.807, 2.05) is 0 Å². The van der Waals surface area contributed by atoms with Gasteiger partial charge in [0.25, 0.3) is 5.91 Å². The number of hydrogen-bond acceptors (Lipinski definition) is 2. The summed E-state index contributed by atoms with van der Waals surface area (Å²) in [6, 6.07) is 9.30. The first kappa shape index (κ1) is 19.0. The largest absolute Gasteiger partial charge is 0.480 e. The average molecular weight is 416 g/mol. The molecule has 0 aliphatic rings. The minimum Gasteiger partial charge on any atom is -0.480 e. The van der Waals surface area contributed by atoms with Gasteiger partial charge in [-0.3, -0.25) is 4.79 Å². The molecule has 0 radical (unpaired) electrons. The van der Waals surface area contributed by atoms with Gasteiger partial charge in [-0.05, 0) is 35.9 Å². The number of carboxylic acid groups (broad SMARTS) is 1. The summed E-state index contributed by atoms with van der Waals surface area (Å²) >= 11 is 3.21. The summed E-state index contributed by atoms with van der Waals surface area (Å²) in [4.78, 5) is 23.5. The van der Waals surface area contributed by atoms with E-state index in [0.29, 0.717) is 10.0 Å². The fourth-order valence-corrected chi connectivity index (χ4v) is 2.54. The molecular weight excluding hydrogens is 403 g/mol. The molecule has 1 amide bonds. The molecule has 2 N–H and O–H groups in total. The molecular formula is C17H13BrF3NO3. The number of benzene rings is 2. The van der Waals surface area contributed by atoms with E-state index in [1.165, 1.54) is 24.3 Å². The summed E-state index contributed by atoms with van der Waals surface area (Å²) in [5.74, 6) is -1.86. The zero-order chi connectivity index (χ0) is 18.6. The average Bonchev–Trinajstić information content (AvgIpc) is 2.53. The Morgan fingerprint density at radius 2 is 1.76 bits per heavy atom. The van der Waals surface area contributed by atoms with Crippen molar-refractivity contribution in [1.29, 1.82) is 0 Å². The van der Waals surface area contributed by atoms with E-state index >= 15 is 0 Å². The van der Waals surface area contributed by atoms with Crippen LogP contribution in [-0.2, 0) is 17.4 Å². The lowest BCUT2D eigenvalue weighted by atomic mass is 10.0. The molecule has 132 valence electrons. The Morgan fingerprint density at radius 1 is 1.12 bits per heavy atom. The fourth-order valence-electron chi connectivity index (χ4n) is 2.14. The van der Waals surface area contributed by atoms with Gasteiger partial charge in [-0.15, -0.1) is 0 Å². The van der Waals surface area contributed by atoms with Crippen LogP contribution in [0.25, 0.3) is 0 Å². The molecule has 4 nitrogen and oxygen atoms in total. The van der Waals surface area contributed by atoms with Crippen LogP contribution >= 0.6 is 15.9 Å². The molecule has 0 aliphatic carbocycles. The molecule has 0 unspecified atom stereocenters. The van der Waals surface area contributed by atoms with Crippen molar-refractivity contribution in [2.24, 2.45) is 0 Å². The van der Waals surface area contributed by atoms with Gasteiger partial charge in [0, 0.05) is 16.5 Å². The second-order valence-corrected chi connectivity index (χ2v) is 6.19. The topological polar surface area (TPSA) is 66.4 Å². The van der Waals surface area contributed by atoms with Gasteiger partial charge in [-0.1, -0.05) is 34.1 Å². The van der Waals surface area contributed by atoms with Crippen LogP contribution in [0.5, 0.6) is 0 Å². The van der Waals surface area contributed by atoms with Crippen LogP contribution in [0.1, 0.15) is 21.5 Å². The maximum Gasteiger partial charge on any atom is 0.416 e. The Kier molecular flexibility index (Phi) is 5.84. The van der Waals surface area contributed by atoms with Crippen LogP contribution in [0.15, 0.2) is 53.0 Å². The Balaban J connectivity index is 2.11. The van der Waals surface area contributed by atoms with E-state index in [9.17, 15) is 27.9 Å². The number of carboxylic acids is 1. The van der Waals surface area contributed by atoms with E-state index in [1.54, 1.807) is 12.1 Å². The van der Waals surface area contributed by atoms with Crippen LogP contribution < -0.4 is 5.32 Å². The Hall–Kier alpha value is -2.35. The fraction of sp³-hybridized carbons (Fsp3) is 0.176. The van der Waals surface area contributed by atoms with E-state index in [2.05, 4.69) is 21.2 Å². The number of amides is 1. The maximum absolute atomic E-state index is 12.5. The van der Waals surface area contributed by atoms with Crippen LogP contribution in [0, 0.1) is 0 Å². The quantitative estimate of drug-likeness (QED) is 0.778. The van der Waals surface area contributed by atoms with Crippen molar-refractivity contribution in [3.05, 3.63) is 69.7 Å². The van der Waals surface area contributed by atoms with Crippen molar-refractivity contribution < 1.29 is 27.9 Å². The van der Waals surface area contributed by atoms with Crippen molar-refractivity contribution in [2.75, 3.05) is 0 Å². The summed E-state index contributed by atoms with van der Waals surface area (Å²) in [5.41, 5.74) is -0.177. The predicted molar refractivity (Wildman–Crippen MR) is 88.2 cm³/mol. The second kappa shape index (κ2) is 7.69. The molecule has 0 bridgehead atoms. The highest BCUT2D eigenvalue weighted by Gasteiger charge is 2.30. The maximum atomic E-state index is 12.5. The standard InChI is InChI=1S/C17H13BrF3NO3/c18-13-3-1-2-11(9-13)15(23)22-14(16(24)25)8-10-4-6-12(7-5-10)17(19,20)21/h1-7,9,14H,8H2,(H,22,23)(H,24,25)/t14-/m1/s1. The molecule has 2 aromatic carbocycles. The first-order valence-electron chi connectivity index (χ1n) is 7.12. The zero-order valence-electron chi connectivity index (χ0n) is 12.7. The number of alkyl halides is 3. The summed E-state index contributed by atoms with van der Waals surface area (Å²) in [5, 5.41) is 11.6. The third-order valence-corrected chi connectivity index (χ3v) is 3.90. The lowest BCUT2D eigenvalue weighted by Crippen LogP contribution is -2.42. The normalized spacial score (nSPS) is 12.5. The summed E-state index contributed by atoms with van der Waals surface area (Å²) in [7, 11) is 0. The SMILES string of the molecule is O=C(N[C@H](Cc1ccc(C(F)(F)F)cc1)C(=O)O)c1cccc(Br)c1. The lowest BCUT2D eigenvalue weighted by molar-refractivity contribution is -0.139. The molecule has 1 atom stereocenters. The van der Waals surface area contributed by atoms with Gasteiger partial charge in [-0.25, -0.2) is 4.79 Å². The number of nitrogens with one attached hydrogen (secondary N) is 1. The van der Waals surface area contributed by atoms with Crippen LogP contribution in [0.4, 0.5) is 13.2 Å². The van der Waals surface area contributed by atoms with E-state index in [-0.39, 0.29) is 12.0 Å². The molecule has 0 fully saturated rings. The lowest BCUT2D eigenvalue weighted by Gasteiger charge is -2.15. The van der Waals surface area contributed by atoms with Gasteiger partial charge in [0.15, 0.2) is 0 Å². The van der Waals surface area contributed by atoms with Gasteiger partial charge >= 0.3 is 12.1 Å². The number of rotatable bonds is 5. The second-order valence-electron chi connectivity index (χ2n) is 5.27. The van der Waals surface area contributed by atoms with Crippen molar-refractivity contribution in [2.45, 2.75) is 18.6 Å². The Morgan fingerprint density at radius 3 is 2.28 bits per heavy atom. The number of carbonyl (C=O) groups excluding carboxylic acids is 1. The molecule has 25 heavy (non-hydrogen) atoms.